The lowest BCUT2D eigenvalue weighted by Gasteiger charge is -2.17. The Bertz CT molecular complexity index is 1820. The third kappa shape index (κ3) is 9.87. The van der Waals surface area contributed by atoms with Gasteiger partial charge in [0.25, 0.3) is 0 Å². The molecule has 5 aromatic rings. The molecule has 0 unspecified atom stereocenters. The minimum atomic E-state index is -3.63. The molecule has 11 heteroatoms. The van der Waals surface area contributed by atoms with Crippen LogP contribution in [0.1, 0.15) is 36.8 Å². The van der Waals surface area contributed by atoms with E-state index >= 15 is 0 Å². The number of sulfonamides is 1. The van der Waals surface area contributed by atoms with Gasteiger partial charge in [0.2, 0.25) is 27.9 Å². The van der Waals surface area contributed by atoms with Crippen LogP contribution in [0, 0.1) is 0 Å². The standard InChI is InChI=1S/C36H44N8O2S/c1-44(2)32-21-13-20-31-30(32)19-14-22-33(31)47(45,46)40-25-12-4-3-11-24-37-34-41-35(38-26-23-28-15-7-5-8-16-28)43-36(42-34)39-27-29-17-9-6-10-18-29/h5-10,13-22,40H,3-4,11-12,23-27H2,1-2H3,(H3,37,38,39,41,42,43). The number of nitrogens with zero attached hydrogens (tertiary/aromatic N) is 4. The minimum absolute atomic E-state index is 0.312. The Morgan fingerprint density at radius 2 is 1.15 bits per heavy atom. The van der Waals surface area contributed by atoms with Crippen LogP contribution in [0.5, 0.6) is 0 Å². The van der Waals surface area contributed by atoms with E-state index in [1.807, 2.05) is 79.7 Å². The van der Waals surface area contributed by atoms with Crippen molar-refractivity contribution in [2.24, 2.45) is 0 Å². The number of hydrogen-bond acceptors (Lipinski definition) is 9. The molecule has 1 aromatic heterocycles. The Morgan fingerprint density at radius 1 is 0.574 bits per heavy atom. The molecular formula is C36H44N8O2S. The quantitative estimate of drug-likeness (QED) is 0.0807. The highest BCUT2D eigenvalue weighted by atomic mass is 32.2. The summed E-state index contributed by atoms with van der Waals surface area (Å²) in [5.41, 5.74) is 3.37. The Kier molecular flexibility index (Phi) is 12.0. The van der Waals surface area contributed by atoms with Crippen LogP contribution in [0.4, 0.5) is 23.5 Å². The molecule has 0 bridgehead atoms. The lowest BCUT2D eigenvalue weighted by atomic mass is 10.1. The fraction of sp³-hybridized carbons (Fsp3) is 0.306. The topological polar surface area (TPSA) is 124 Å². The Hall–Kier alpha value is -4.74. The molecule has 0 amide bonds. The summed E-state index contributed by atoms with van der Waals surface area (Å²) in [4.78, 5) is 16.1. The van der Waals surface area contributed by atoms with E-state index < -0.39 is 10.0 Å². The fourth-order valence-corrected chi connectivity index (χ4v) is 6.62. The molecule has 0 radical (unpaired) electrons. The maximum atomic E-state index is 13.2. The summed E-state index contributed by atoms with van der Waals surface area (Å²) in [5, 5.41) is 11.6. The highest BCUT2D eigenvalue weighted by molar-refractivity contribution is 7.89. The van der Waals surface area contributed by atoms with E-state index in [0.717, 1.165) is 54.1 Å². The van der Waals surface area contributed by atoms with Gasteiger partial charge in [0.05, 0.1) is 4.90 Å². The number of anilines is 4. The first-order chi connectivity index (χ1) is 22.9. The van der Waals surface area contributed by atoms with Crippen LogP contribution < -0.4 is 25.6 Å². The Labute approximate surface area is 278 Å². The lowest BCUT2D eigenvalue weighted by Crippen LogP contribution is -2.25. The number of aromatic nitrogens is 3. The summed E-state index contributed by atoms with van der Waals surface area (Å²) >= 11 is 0. The number of unbranched alkanes of at least 4 members (excludes halogenated alkanes) is 3. The fourth-order valence-electron chi connectivity index (χ4n) is 5.33. The maximum absolute atomic E-state index is 13.2. The van der Waals surface area contributed by atoms with Gasteiger partial charge in [0.1, 0.15) is 0 Å². The average Bonchev–Trinajstić information content (AvgIpc) is 3.09. The van der Waals surface area contributed by atoms with Gasteiger partial charge >= 0.3 is 0 Å². The lowest BCUT2D eigenvalue weighted by molar-refractivity contribution is 0.573. The number of fused-ring (bicyclic) bond motifs is 1. The van der Waals surface area contributed by atoms with Crippen molar-refractivity contribution in [2.75, 3.05) is 54.6 Å². The summed E-state index contributed by atoms with van der Waals surface area (Å²) in [7, 11) is 0.282. The van der Waals surface area contributed by atoms with E-state index in [1.54, 1.807) is 12.1 Å². The largest absolute Gasteiger partial charge is 0.377 e. The third-order valence-corrected chi connectivity index (χ3v) is 9.30. The first-order valence-electron chi connectivity index (χ1n) is 16.1. The summed E-state index contributed by atoms with van der Waals surface area (Å²) in [6.07, 6.45) is 4.36. The monoisotopic (exact) mass is 652 g/mol. The molecular weight excluding hydrogens is 609 g/mol. The zero-order valence-electron chi connectivity index (χ0n) is 27.1. The molecule has 1 heterocycles. The molecule has 0 spiro atoms. The molecule has 0 aliphatic heterocycles. The van der Waals surface area contributed by atoms with Crippen molar-refractivity contribution in [3.05, 3.63) is 108 Å². The van der Waals surface area contributed by atoms with Crippen molar-refractivity contribution in [3.8, 4) is 0 Å². The van der Waals surface area contributed by atoms with Gasteiger partial charge in [-0.3, -0.25) is 0 Å². The second kappa shape index (κ2) is 16.7. The number of nitrogens with one attached hydrogen (secondary N) is 4. The second-order valence-electron chi connectivity index (χ2n) is 11.6. The van der Waals surface area contributed by atoms with E-state index in [0.29, 0.717) is 48.9 Å². The van der Waals surface area contributed by atoms with E-state index in [-0.39, 0.29) is 0 Å². The highest BCUT2D eigenvalue weighted by Crippen LogP contribution is 2.30. The SMILES string of the molecule is CN(C)c1cccc2c(S(=O)(=O)NCCCCCCNc3nc(NCCc4ccccc4)nc(NCc4ccccc4)n3)cccc12. The molecule has 0 aliphatic carbocycles. The van der Waals surface area contributed by atoms with Crippen molar-refractivity contribution in [3.63, 3.8) is 0 Å². The van der Waals surface area contributed by atoms with Gasteiger partial charge in [-0.2, -0.15) is 15.0 Å². The predicted molar refractivity (Wildman–Crippen MR) is 193 cm³/mol. The molecule has 0 saturated heterocycles. The molecule has 10 nitrogen and oxygen atoms in total. The first kappa shape index (κ1) is 33.6. The molecule has 0 atom stereocenters. The van der Waals surface area contributed by atoms with Crippen LogP contribution in [-0.2, 0) is 23.0 Å². The van der Waals surface area contributed by atoms with Crippen LogP contribution in [0.2, 0.25) is 0 Å². The highest BCUT2D eigenvalue weighted by Gasteiger charge is 2.18. The molecule has 246 valence electrons. The van der Waals surface area contributed by atoms with Crippen LogP contribution >= 0.6 is 0 Å². The van der Waals surface area contributed by atoms with Gasteiger partial charge in [0.15, 0.2) is 0 Å². The van der Waals surface area contributed by atoms with Crippen molar-refractivity contribution in [2.45, 2.75) is 43.5 Å². The average molecular weight is 653 g/mol. The van der Waals surface area contributed by atoms with Gasteiger partial charge in [-0.25, -0.2) is 13.1 Å². The maximum Gasteiger partial charge on any atom is 0.241 e. The van der Waals surface area contributed by atoms with E-state index in [1.165, 1.54) is 5.56 Å². The van der Waals surface area contributed by atoms with E-state index in [2.05, 4.69) is 59.9 Å². The van der Waals surface area contributed by atoms with Crippen molar-refractivity contribution >= 4 is 44.3 Å². The second-order valence-corrected chi connectivity index (χ2v) is 13.3. The van der Waals surface area contributed by atoms with Crippen LogP contribution in [-0.4, -0.2) is 57.1 Å². The molecule has 0 saturated carbocycles. The van der Waals surface area contributed by atoms with Crippen molar-refractivity contribution in [1.82, 2.24) is 19.7 Å². The summed E-state index contributed by atoms with van der Waals surface area (Å²) in [6, 6.07) is 31.6. The van der Waals surface area contributed by atoms with Crippen molar-refractivity contribution in [1.29, 1.82) is 0 Å². The molecule has 47 heavy (non-hydrogen) atoms. The normalized spacial score (nSPS) is 11.4. The van der Waals surface area contributed by atoms with Gasteiger partial charge in [0, 0.05) is 56.7 Å². The number of benzene rings is 4. The zero-order valence-corrected chi connectivity index (χ0v) is 27.9. The molecule has 4 aromatic carbocycles. The molecule has 0 fully saturated rings. The molecule has 4 N–H and O–H groups in total. The van der Waals surface area contributed by atoms with Gasteiger partial charge in [-0.05, 0) is 42.5 Å². The molecule has 5 rings (SSSR count). The van der Waals surface area contributed by atoms with Gasteiger partial charge in [-0.1, -0.05) is 97.8 Å². The van der Waals surface area contributed by atoms with Crippen LogP contribution in [0.3, 0.4) is 0 Å². The van der Waals surface area contributed by atoms with Crippen LogP contribution in [0.15, 0.2) is 102 Å². The van der Waals surface area contributed by atoms with Crippen LogP contribution in [0.25, 0.3) is 10.8 Å². The Balaban J connectivity index is 1.08. The zero-order chi connectivity index (χ0) is 32.9. The van der Waals surface area contributed by atoms with Gasteiger partial charge in [-0.15, -0.1) is 0 Å². The Morgan fingerprint density at radius 3 is 1.83 bits per heavy atom. The van der Waals surface area contributed by atoms with E-state index in [4.69, 9.17) is 0 Å². The first-order valence-corrected chi connectivity index (χ1v) is 17.6. The molecule has 0 aliphatic rings. The summed E-state index contributed by atoms with van der Waals surface area (Å²) in [6.45, 7) is 2.39. The summed E-state index contributed by atoms with van der Waals surface area (Å²) in [5.74, 6) is 1.54. The van der Waals surface area contributed by atoms with E-state index in [9.17, 15) is 8.42 Å². The van der Waals surface area contributed by atoms with Gasteiger partial charge < -0.3 is 20.9 Å². The predicted octanol–water partition coefficient (Wildman–Crippen LogP) is 6.31. The minimum Gasteiger partial charge on any atom is -0.377 e. The smallest absolute Gasteiger partial charge is 0.241 e. The number of hydrogen-bond donors (Lipinski definition) is 4. The number of rotatable bonds is 18. The summed E-state index contributed by atoms with van der Waals surface area (Å²) < 4.78 is 29.1. The third-order valence-electron chi connectivity index (χ3n) is 7.78. The van der Waals surface area contributed by atoms with Crippen molar-refractivity contribution < 1.29 is 8.42 Å².